The third kappa shape index (κ3) is 4.26. The molecule has 0 saturated heterocycles. The molecule has 0 unspecified atom stereocenters. The zero-order valence-corrected chi connectivity index (χ0v) is 23.0. The van der Waals surface area contributed by atoms with Gasteiger partial charge in [0.05, 0.1) is 11.5 Å². The fourth-order valence-corrected chi connectivity index (χ4v) is 7.49. The number of aliphatic hydroxyl groups is 1. The molecule has 7 rings (SSSR count). The summed E-state index contributed by atoms with van der Waals surface area (Å²) in [5.74, 6) is 0.0170. The summed E-state index contributed by atoms with van der Waals surface area (Å²) < 4.78 is 14.1. The highest BCUT2D eigenvalue weighted by molar-refractivity contribution is 5.85. The Morgan fingerprint density at radius 2 is 1.07 bits per heavy atom. The Balaban J connectivity index is 1.46. The van der Waals surface area contributed by atoms with Crippen molar-refractivity contribution in [1.82, 2.24) is 0 Å². The molecule has 0 spiro atoms. The minimum atomic E-state index is -0.853. The molecule has 2 aliphatic rings. The highest BCUT2D eigenvalue weighted by Crippen LogP contribution is 2.76. The van der Waals surface area contributed by atoms with Crippen LogP contribution in [0.5, 0.6) is 0 Å². The molecule has 41 heavy (non-hydrogen) atoms. The number of benzene rings is 5. The summed E-state index contributed by atoms with van der Waals surface area (Å²) >= 11 is 0. The van der Waals surface area contributed by atoms with Gasteiger partial charge in [0.2, 0.25) is 0 Å². The monoisotopic (exact) mass is 536 g/mol. The third-order valence-electron chi connectivity index (χ3n) is 9.43. The van der Waals surface area contributed by atoms with E-state index in [9.17, 15) is 9.50 Å². The Labute approximate surface area is 241 Å². The van der Waals surface area contributed by atoms with E-state index in [0.29, 0.717) is 5.92 Å². The van der Waals surface area contributed by atoms with Crippen LogP contribution in [0.2, 0.25) is 0 Å². The normalized spacial score (nSPS) is 18.0. The molecule has 0 radical (unpaired) electrons. The highest BCUT2D eigenvalue weighted by Gasteiger charge is 2.70. The van der Waals surface area contributed by atoms with E-state index in [1.54, 1.807) is 12.1 Å². The van der Waals surface area contributed by atoms with Crippen LogP contribution < -0.4 is 0 Å². The van der Waals surface area contributed by atoms with E-state index in [4.69, 9.17) is 0 Å². The molecular weight excluding hydrogens is 503 g/mol. The Kier molecular flexibility index (Phi) is 6.44. The van der Waals surface area contributed by atoms with Crippen LogP contribution in [0.3, 0.4) is 0 Å². The van der Waals surface area contributed by atoms with Gasteiger partial charge in [0.15, 0.2) is 0 Å². The van der Waals surface area contributed by atoms with E-state index in [1.165, 1.54) is 34.4 Å². The van der Waals surface area contributed by atoms with Crippen molar-refractivity contribution < 1.29 is 9.50 Å². The van der Waals surface area contributed by atoms with Crippen molar-refractivity contribution in [3.63, 3.8) is 0 Å². The standard InChI is InChI=1S/C39H33FO/c40-33-23-21-30(22-24-33)37(41)39(31-17-9-3-10-18-31,32-19-11-4-12-20-32)38(25-26-38)35-27-34(35)36(28-13-5-1-6-14-28)29-15-7-2-8-16-29/h1-24,35,37,41H,25-27H2/t35-,37+/m1/s1. The molecule has 0 aliphatic heterocycles. The first-order valence-corrected chi connectivity index (χ1v) is 14.5. The fourth-order valence-electron chi connectivity index (χ4n) is 7.49. The lowest BCUT2D eigenvalue weighted by molar-refractivity contribution is 0.0464. The Bertz CT molecular complexity index is 1570. The lowest BCUT2D eigenvalue weighted by Crippen LogP contribution is -2.45. The smallest absolute Gasteiger partial charge is 0.123 e. The maximum Gasteiger partial charge on any atom is 0.123 e. The summed E-state index contributed by atoms with van der Waals surface area (Å²) in [6, 6.07) is 48.9. The van der Waals surface area contributed by atoms with E-state index < -0.39 is 11.5 Å². The van der Waals surface area contributed by atoms with Crippen LogP contribution in [0.15, 0.2) is 151 Å². The first kappa shape index (κ1) is 25.7. The van der Waals surface area contributed by atoms with Crippen LogP contribution in [0.1, 0.15) is 53.2 Å². The maximum atomic E-state index is 14.1. The van der Waals surface area contributed by atoms with Gasteiger partial charge in [-0.05, 0) is 76.1 Å². The van der Waals surface area contributed by atoms with E-state index in [-0.39, 0.29) is 11.2 Å². The molecule has 2 fully saturated rings. The lowest BCUT2D eigenvalue weighted by atomic mass is 9.57. The van der Waals surface area contributed by atoms with E-state index >= 15 is 0 Å². The molecule has 0 bridgehead atoms. The van der Waals surface area contributed by atoms with Crippen molar-refractivity contribution in [2.45, 2.75) is 30.8 Å². The second kappa shape index (κ2) is 10.3. The van der Waals surface area contributed by atoms with Gasteiger partial charge in [-0.1, -0.05) is 139 Å². The Morgan fingerprint density at radius 1 is 0.634 bits per heavy atom. The van der Waals surface area contributed by atoms with Gasteiger partial charge in [0.1, 0.15) is 5.82 Å². The van der Waals surface area contributed by atoms with Crippen molar-refractivity contribution in [3.8, 4) is 0 Å². The fraction of sp³-hybridized carbons (Fsp3) is 0.179. The van der Waals surface area contributed by atoms with Crippen LogP contribution in [0.4, 0.5) is 4.39 Å². The first-order chi connectivity index (χ1) is 20.1. The van der Waals surface area contributed by atoms with Gasteiger partial charge in [0, 0.05) is 0 Å². The largest absolute Gasteiger partial charge is 0.387 e. The van der Waals surface area contributed by atoms with Crippen molar-refractivity contribution >= 4 is 5.57 Å². The molecule has 2 atom stereocenters. The second-order valence-corrected chi connectivity index (χ2v) is 11.5. The minimum absolute atomic E-state index is 0.187. The van der Waals surface area contributed by atoms with E-state index in [2.05, 4.69) is 109 Å². The second-order valence-electron chi connectivity index (χ2n) is 11.5. The van der Waals surface area contributed by atoms with Gasteiger partial charge in [-0.3, -0.25) is 0 Å². The highest BCUT2D eigenvalue weighted by atomic mass is 19.1. The van der Waals surface area contributed by atoms with Crippen molar-refractivity contribution in [1.29, 1.82) is 0 Å². The molecule has 1 N–H and O–H groups in total. The first-order valence-electron chi connectivity index (χ1n) is 14.5. The van der Waals surface area contributed by atoms with Gasteiger partial charge in [-0.2, -0.15) is 0 Å². The number of aliphatic hydroxyl groups excluding tert-OH is 1. The van der Waals surface area contributed by atoms with Gasteiger partial charge in [-0.25, -0.2) is 4.39 Å². The molecule has 1 nitrogen and oxygen atoms in total. The van der Waals surface area contributed by atoms with Crippen molar-refractivity contribution in [3.05, 3.63) is 185 Å². The Morgan fingerprint density at radius 3 is 1.51 bits per heavy atom. The molecule has 202 valence electrons. The summed E-state index contributed by atoms with van der Waals surface area (Å²) in [5, 5.41) is 12.6. The van der Waals surface area contributed by atoms with Crippen LogP contribution in [-0.4, -0.2) is 5.11 Å². The predicted octanol–water partition coefficient (Wildman–Crippen LogP) is 9.15. The van der Waals surface area contributed by atoms with E-state index in [0.717, 1.165) is 36.0 Å². The van der Waals surface area contributed by atoms with Crippen molar-refractivity contribution in [2.75, 3.05) is 0 Å². The third-order valence-corrected chi connectivity index (χ3v) is 9.43. The quantitative estimate of drug-likeness (QED) is 0.210. The molecule has 0 heterocycles. The van der Waals surface area contributed by atoms with Gasteiger partial charge >= 0.3 is 0 Å². The number of allylic oxidation sites excluding steroid dienone is 1. The molecule has 0 amide bonds. The number of hydrogen-bond acceptors (Lipinski definition) is 1. The zero-order chi connectivity index (χ0) is 27.9. The topological polar surface area (TPSA) is 20.2 Å². The van der Waals surface area contributed by atoms with Crippen molar-refractivity contribution in [2.24, 2.45) is 11.3 Å². The summed E-state index contributed by atoms with van der Waals surface area (Å²) in [6.07, 6.45) is 2.17. The zero-order valence-electron chi connectivity index (χ0n) is 23.0. The summed E-state index contributed by atoms with van der Waals surface area (Å²) in [5.41, 5.74) is 7.29. The molecule has 2 saturated carbocycles. The van der Waals surface area contributed by atoms with Crippen LogP contribution >= 0.6 is 0 Å². The average molecular weight is 537 g/mol. The number of rotatable bonds is 8. The van der Waals surface area contributed by atoms with Crippen LogP contribution in [-0.2, 0) is 5.41 Å². The minimum Gasteiger partial charge on any atom is -0.387 e. The molecule has 5 aromatic rings. The van der Waals surface area contributed by atoms with Crippen LogP contribution in [0.25, 0.3) is 5.57 Å². The van der Waals surface area contributed by atoms with Gasteiger partial charge in [-0.15, -0.1) is 0 Å². The summed E-state index contributed by atoms with van der Waals surface area (Å²) in [4.78, 5) is 0. The van der Waals surface area contributed by atoms with Crippen LogP contribution in [0, 0.1) is 17.2 Å². The molecule has 5 aromatic carbocycles. The average Bonchev–Trinajstić information content (AvgIpc) is 3.97. The molecule has 2 aliphatic carbocycles. The SMILES string of the molecule is O[C@@H](c1ccc(F)cc1)C(c1ccccc1)(c1ccccc1)C1([C@@H]2CC2=C(c2ccccc2)c2ccccc2)CC1. The van der Waals surface area contributed by atoms with E-state index in [1.807, 2.05) is 12.1 Å². The Hall–Kier alpha value is -4.27. The van der Waals surface area contributed by atoms with Gasteiger partial charge < -0.3 is 5.11 Å². The molecule has 0 aromatic heterocycles. The number of hydrogen-bond donors (Lipinski definition) is 1. The summed E-state index contributed by atoms with van der Waals surface area (Å²) in [7, 11) is 0. The molecule has 2 heteroatoms. The number of halogens is 1. The summed E-state index contributed by atoms with van der Waals surface area (Å²) in [6.45, 7) is 0. The lowest BCUT2D eigenvalue weighted by Gasteiger charge is -2.47. The predicted molar refractivity (Wildman–Crippen MR) is 164 cm³/mol. The van der Waals surface area contributed by atoms with Gasteiger partial charge in [0.25, 0.3) is 0 Å². The maximum absolute atomic E-state index is 14.1. The molecular formula is C39H33FO.